The zero-order chi connectivity index (χ0) is 25.9. The Hall–Kier alpha value is -4.67. The Bertz CT molecular complexity index is 2100. The number of rotatable bonds is 2. The minimum absolute atomic E-state index is 0.227. The van der Waals surface area contributed by atoms with Crippen LogP contribution in [-0.4, -0.2) is 4.98 Å². The Morgan fingerprint density at radius 3 is 1.97 bits per heavy atom. The molecule has 184 valence electrons. The van der Waals surface area contributed by atoms with Gasteiger partial charge in [0.25, 0.3) is 0 Å². The lowest BCUT2D eigenvalue weighted by Gasteiger charge is -2.20. The van der Waals surface area contributed by atoms with Gasteiger partial charge in [-0.3, -0.25) is 0 Å². The molecule has 4 heteroatoms. The Morgan fingerprint density at radius 2 is 1.10 bits per heavy atom. The predicted octanol–water partition coefficient (Wildman–Crippen LogP) is 10.3. The number of nitrogens with zero attached hydrogens (tertiary/aromatic N) is 1. The summed E-state index contributed by atoms with van der Waals surface area (Å²) in [5, 5.41) is 6.38. The van der Waals surface area contributed by atoms with Gasteiger partial charge in [-0.05, 0) is 93.0 Å². The van der Waals surface area contributed by atoms with Gasteiger partial charge in [0.2, 0.25) is 0 Å². The quantitative estimate of drug-likeness (QED) is 0.211. The van der Waals surface area contributed by atoms with Crippen molar-refractivity contribution < 1.29 is 9.13 Å². The summed E-state index contributed by atoms with van der Waals surface area (Å²) in [5.74, 6) is 1.53. The van der Waals surface area contributed by atoms with E-state index in [1.165, 1.54) is 6.07 Å². The van der Waals surface area contributed by atoms with E-state index in [9.17, 15) is 4.39 Å². The lowest BCUT2D eigenvalue weighted by molar-refractivity contribution is 0.454. The van der Waals surface area contributed by atoms with Gasteiger partial charge < -0.3 is 4.74 Å². The van der Waals surface area contributed by atoms with Crippen molar-refractivity contribution in [3.8, 4) is 34.0 Å². The lowest BCUT2D eigenvalue weighted by Crippen LogP contribution is -1.95. The number of ether oxygens (including phenoxy) is 1. The average Bonchev–Trinajstić information content (AvgIpc) is 2.99. The van der Waals surface area contributed by atoms with Gasteiger partial charge in [-0.15, -0.1) is 0 Å². The molecule has 39 heavy (non-hydrogen) atoms. The van der Waals surface area contributed by atoms with E-state index in [0.717, 1.165) is 76.1 Å². The van der Waals surface area contributed by atoms with Gasteiger partial charge in [0, 0.05) is 11.1 Å². The van der Waals surface area contributed by atoms with Crippen molar-refractivity contribution >= 4 is 44.1 Å². The van der Waals surface area contributed by atoms with Crippen LogP contribution in [0, 0.1) is 5.82 Å². The fraction of sp³-hybridized carbons (Fsp3) is 0. The molecule has 0 saturated heterocycles. The van der Waals surface area contributed by atoms with Crippen LogP contribution in [0.25, 0.3) is 54.8 Å². The molecule has 2 nitrogen and oxygen atoms in total. The van der Waals surface area contributed by atoms with E-state index < -0.39 is 0 Å². The molecule has 0 bridgehead atoms. The second kappa shape index (κ2) is 8.69. The highest BCUT2D eigenvalue weighted by Crippen LogP contribution is 2.48. The number of hydrogen-bond acceptors (Lipinski definition) is 3. The second-order valence-electron chi connectivity index (χ2n) is 9.72. The number of halogens is 1. The third-order valence-electron chi connectivity index (χ3n) is 7.37. The van der Waals surface area contributed by atoms with Gasteiger partial charge in [-0.1, -0.05) is 72.4 Å². The smallest absolute Gasteiger partial charge is 0.141 e. The van der Waals surface area contributed by atoms with Crippen molar-refractivity contribution in [2.45, 2.75) is 9.79 Å². The van der Waals surface area contributed by atoms with E-state index in [1.807, 2.05) is 54.6 Å². The van der Waals surface area contributed by atoms with Gasteiger partial charge in [-0.2, -0.15) is 0 Å². The molecule has 6 aromatic carbocycles. The topological polar surface area (TPSA) is 22.1 Å². The molecule has 2 heterocycles. The predicted molar refractivity (Wildman–Crippen MR) is 158 cm³/mol. The van der Waals surface area contributed by atoms with E-state index in [4.69, 9.17) is 9.72 Å². The third-order valence-corrected chi connectivity index (χ3v) is 8.47. The van der Waals surface area contributed by atoms with E-state index in [2.05, 4.69) is 54.6 Å². The molecule has 7 aromatic rings. The molecule has 0 radical (unpaired) electrons. The Kier molecular flexibility index (Phi) is 4.97. The number of aromatic nitrogens is 1. The maximum absolute atomic E-state index is 14.3. The molecule has 0 unspecified atom stereocenters. The maximum atomic E-state index is 14.3. The van der Waals surface area contributed by atoms with Crippen LogP contribution in [0.1, 0.15) is 0 Å². The summed E-state index contributed by atoms with van der Waals surface area (Å²) in [5.41, 5.74) is 3.86. The molecule has 0 saturated carbocycles. The van der Waals surface area contributed by atoms with Crippen molar-refractivity contribution in [1.29, 1.82) is 0 Å². The maximum Gasteiger partial charge on any atom is 0.141 e. The molecule has 0 aliphatic carbocycles. The van der Waals surface area contributed by atoms with E-state index in [0.29, 0.717) is 0 Å². The first kappa shape index (κ1) is 22.3. The van der Waals surface area contributed by atoms with Gasteiger partial charge >= 0.3 is 0 Å². The molecule has 0 atom stereocenters. The molecule has 0 fully saturated rings. The largest absolute Gasteiger partial charge is 0.455 e. The Balaban J connectivity index is 1.24. The number of para-hydroxylation sites is 1. The van der Waals surface area contributed by atoms with Gasteiger partial charge in [0.15, 0.2) is 0 Å². The van der Waals surface area contributed by atoms with E-state index >= 15 is 0 Å². The summed E-state index contributed by atoms with van der Waals surface area (Å²) in [7, 11) is 0. The highest BCUT2D eigenvalue weighted by molar-refractivity contribution is 7.99. The molecule has 0 spiro atoms. The van der Waals surface area contributed by atoms with Crippen LogP contribution in [0.4, 0.5) is 4.39 Å². The molecule has 1 aliphatic heterocycles. The first-order chi connectivity index (χ1) is 19.2. The van der Waals surface area contributed by atoms with Crippen LogP contribution in [-0.2, 0) is 0 Å². The Labute approximate surface area is 228 Å². The van der Waals surface area contributed by atoms with E-state index in [1.54, 1.807) is 17.8 Å². The summed E-state index contributed by atoms with van der Waals surface area (Å²) < 4.78 is 20.4. The normalized spacial score (nSPS) is 12.3. The fourth-order valence-electron chi connectivity index (χ4n) is 5.53. The van der Waals surface area contributed by atoms with Crippen molar-refractivity contribution in [3.63, 3.8) is 0 Å². The van der Waals surface area contributed by atoms with Crippen LogP contribution in [0.3, 0.4) is 0 Å². The zero-order valence-electron chi connectivity index (χ0n) is 20.7. The summed E-state index contributed by atoms with van der Waals surface area (Å²) >= 11 is 1.72. The average molecular weight is 522 g/mol. The van der Waals surface area contributed by atoms with Gasteiger partial charge in [-0.25, -0.2) is 9.37 Å². The van der Waals surface area contributed by atoms with Crippen molar-refractivity contribution in [3.05, 3.63) is 127 Å². The highest BCUT2D eigenvalue weighted by Gasteiger charge is 2.18. The highest BCUT2D eigenvalue weighted by atomic mass is 32.2. The number of benzene rings is 6. The molecule has 1 aliphatic rings. The van der Waals surface area contributed by atoms with Crippen LogP contribution in [0.15, 0.2) is 131 Å². The van der Waals surface area contributed by atoms with Crippen LogP contribution in [0.2, 0.25) is 0 Å². The van der Waals surface area contributed by atoms with Crippen LogP contribution < -0.4 is 4.74 Å². The second-order valence-corrected chi connectivity index (χ2v) is 10.8. The zero-order valence-corrected chi connectivity index (χ0v) is 21.5. The summed E-state index contributed by atoms with van der Waals surface area (Å²) in [6.07, 6.45) is 0. The van der Waals surface area contributed by atoms with E-state index in [-0.39, 0.29) is 5.82 Å². The summed E-state index contributed by atoms with van der Waals surface area (Å²) in [6.45, 7) is 0. The van der Waals surface area contributed by atoms with Crippen molar-refractivity contribution in [1.82, 2.24) is 4.98 Å². The van der Waals surface area contributed by atoms with Crippen molar-refractivity contribution in [2.75, 3.05) is 0 Å². The van der Waals surface area contributed by atoms with Gasteiger partial charge in [0.1, 0.15) is 17.3 Å². The molecular weight excluding hydrogens is 501 g/mol. The SMILES string of the molecule is Fc1ccc2c3ccccc3c3cc(-c4cccc(-c5ccc6c(c5)Sc5ccccc5O6)n4)ccc3c2c1. The number of hydrogen-bond donors (Lipinski definition) is 0. The van der Waals surface area contributed by atoms with Gasteiger partial charge in [0.05, 0.1) is 21.2 Å². The number of fused-ring (bicyclic) bond motifs is 8. The summed E-state index contributed by atoms with van der Waals surface area (Å²) in [4.78, 5) is 7.25. The minimum atomic E-state index is -0.227. The fourth-order valence-corrected chi connectivity index (χ4v) is 6.52. The molecule has 1 aromatic heterocycles. The molecular formula is C35H20FNOS. The molecule has 0 amide bonds. The Morgan fingerprint density at radius 1 is 0.487 bits per heavy atom. The number of pyridine rings is 1. The molecule has 8 rings (SSSR count). The first-order valence-electron chi connectivity index (χ1n) is 12.8. The molecule has 0 N–H and O–H groups in total. The monoisotopic (exact) mass is 521 g/mol. The standard InChI is InChI=1S/C35H20FNOS/c36-23-14-16-26-24-6-1-2-7-25(24)28-18-21(12-15-27(28)29(26)20-23)30-8-5-9-31(37-30)22-13-17-33-35(19-22)39-34-11-4-3-10-32(34)38-33/h1-20H. The van der Waals surface area contributed by atoms with Crippen LogP contribution >= 0.6 is 11.8 Å². The lowest BCUT2D eigenvalue weighted by atomic mass is 9.92. The first-order valence-corrected chi connectivity index (χ1v) is 13.6. The third kappa shape index (κ3) is 3.68. The van der Waals surface area contributed by atoms with Crippen LogP contribution in [0.5, 0.6) is 11.5 Å². The summed E-state index contributed by atoms with van der Waals surface area (Å²) in [6, 6.07) is 40.2. The van der Waals surface area contributed by atoms with Crippen molar-refractivity contribution in [2.24, 2.45) is 0 Å². The minimum Gasteiger partial charge on any atom is -0.455 e.